The Labute approximate surface area is 75.9 Å². The van der Waals surface area contributed by atoms with Crippen molar-refractivity contribution >= 4 is 11.8 Å². The van der Waals surface area contributed by atoms with Gasteiger partial charge >= 0.3 is 12.1 Å². The van der Waals surface area contributed by atoms with Crippen LogP contribution in [0.4, 0.5) is 19.0 Å². The van der Waals surface area contributed by atoms with Crippen molar-refractivity contribution < 1.29 is 23.1 Å². The molecule has 5 nitrogen and oxygen atoms in total. The molecule has 0 aliphatic heterocycles. The van der Waals surface area contributed by atoms with Crippen molar-refractivity contribution in [3.8, 4) is 0 Å². The SMILES string of the molecule is Nc1cc(C(F)(F)F)nn1CC(=O)O. The molecule has 3 N–H and O–H groups in total. The fourth-order valence-corrected chi connectivity index (χ4v) is 0.825. The Hall–Kier alpha value is -1.73. The number of nitrogens with two attached hydrogens (primary N) is 1. The zero-order valence-corrected chi connectivity index (χ0v) is 6.75. The van der Waals surface area contributed by atoms with Crippen LogP contribution >= 0.6 is 0 Å². The summed E-state index contributed by atoms with van der Waals surface area (Å²) >= 11 is 0. The first-order valence-electron chi connectivity index (χ1n) is 3.43. The lowest BCUT2D eigenvalue weighted by atomic mass is 10.4. The summed E-state index contributed by atoms with van der Waals surface area (Å²) in [5, 5.41) is 11.3. The largest absolute Gasteiger partial charge is 0.480 e. The highest BCUT2D eigenvalue weighted by atomic mass is 19.4. The molecule has 0 unspecified atom stereocenters. The van der Waals surface area contributed by atoms with Gasteiger partial charge in [0.15, 0.2) is 5.69 Å². The minimum atomic E-state index is -4.61. The molecule has 0 spiro atoms. The molecule has 14 heavy (non-hydrogen) atoms. The number of carboxylic acid groups (broad SMARTS) is 1. The number of anilines is 1. The van der Waals surface area contributed by atoms with Crippen LogP contribution in [0.15, 0.2) is 6.07 Å². The molecular formula is C6H6F3N3O2. The molecule has 0 aliphatic rings. The minimum Gasteiger partial charge on any atom is -0.480 e. The standard InChI is InChI=1S/C6H6F3N3O2/c7-6(8,9)3-1-4(10)12(11-3)2-5(13)14/h1H,2,10H2,(H,13,14). The first-order valence-corrected chi connectivity index (χ1v) is 3.43. The van der Waals surface area contributed by atoms with Crippen LogP contribution in [0, 0.1) is 0 Å². The molecular weight excluding hydrogens is 203 g/mol. The van der Waals surface area contributed by atoms with Crippen LogP contribution in [-0.4, -0.2) is 20.9 Å². The van der Waals surface area contributed by atoms with Crippen molar-refractivity contribution in [1.29, 1.82) is 0 Å². The average molecular weight is 209 g/mol. The topological polar surface area (TPSA) is 81.1 Å². The zero-order chi connectivity index (χ0) is 10.9. The van der Waals surface area contributed by atoms with E-state index in [4.69, 9.17) is 10.8 Å². The van der Waals surface area contributed by atoms with Crippen LogP contribution in [0.3, 0.4) is 0 Å². The Morgan fingerprint density at radius 1 is 1.64 bits per heavy atom. The summed E-state index contributed by atoms with van der Waals surface area (Å²) in [6.07, 6.45) is -4.61. The van der Waals surface area contributed by atoms with Gasteiger partial charge in [0.05, 0.1) is 0 Å². The van der Waals surface area contributed by atoms with Crippen LogP contribution in [0.2, 0.25) is 0 Å². The minimum absolute atomic E-state index is 0.334. The van der Waals surface area contributed by atoms with Crippen LogP contribution in [0.5, 0.6) is 0 Å². The molecule has 0 atom stereocenters. The molecule has 0 amide bonds. The molecule has 0 bridgehead atoms. The molecule has 1 aromatic rings. The van der Waals surface area contributed by atoms with E-state index in [9.17, 15) is 18.0 Å². The van der Waals surface area contributed by atoms with Crippen molar-refractivity contribution in [2.75, 3.05) is 5.73 Å². The van der Waals surface area contributed by atoms with Crippen LogP contribution in [-0.2, 0) is 17.5 Å². The highest BCUT2D eigenvalue weighted by molar-refractivity contribution is 5.67. The Morgan fingerprint density at radius 2 is 2.21 bits per heavy atom. The van der Waals surface area contributed by atoms with Gasteiger partial charge in [0, 0.05) is 6.07 Å². The van der Waals surface area contributed by atoms with Crippen LogP contribution in [0.1, 0.15) is 5.69 Å². The number of carbonyl (C=O) groups is 1. The number of hydrogen-bond acceptors (Lipinski definition) is 3. The number of rotatable bonds is 2. The molecule has 1 heterocycles. The van der Waals surface area contributed by atoms with E-state index in [1.165, 1.54) is 0 Å². The fraction of sp³-hybridized carbons (Fsp3) is 0.333. The maximum absolute atomic E-state index is 12.0. The number of aromatic nitrogens is 2. The van der Waals surface area contributed by atoms with E-state index < -0.39 is 24.4 Å². The number of nitrogens with zero attached hydrogens (tertiary/aromatic N) is 2. The van der Waals surface area contributed by atoms with Crippen LogP contribution in [0.25, 0.3) is 0 Å². The molecule has 0 saturated heterocycles. The molecule has 8 heteroatoms. The first-order chi connectivity index (χ1) is 6.30. The van der Waals surface area contributed by atoms with Gasteiger partial charge in [0.2, 0.25) is 0 Å². The maximum Gasteiger partial charge on any atom is 0.435 e. The Balaban J connectivity index is 2.99. The third-order valence-electron chi connectivity index (χ3n) is 1.39. The average Bonchev–Trinajstić information content (AvgIpc) is 2.30. The van der Waals surface area contributed by atoms with E-state index in [0.717, 1.165) is 0 Å². The molecule has 0 saturated carbocycles. The number of aliphatic carboxylic acids is 1. The third kappa shape index (κ3) is 2.15. The van der Waals surface area contributed by atoms with Crippen molar-refractivity contribution in [3.63, 3.8) is 0 Å². The maximum atomic E-state index is 12.0. The summed E-state index contributed by atoms with van der Waals surface area (Å²) < 4.78 is 36.7. The molecule has 1 aromatic heterocycles. The number of carboxylic acids is 1. The molecule has 0 fully saturated rings. The highest BCUT2D eigenvalue weighted by Crippen LogP contribution is 2.28. The summed E-state index contributed by atoms with van der Waals surface area (Å²) in [5.74, 6) is -1.65. The third-order valence-corrected chi connectivity index (χ3v) is 1.39. The summed E-state index contributed by atoms with van der Waals surface area (Å²) in [6, 6.07) is 0.586. The first kappa shape index (κ1) is 10.4. The van der Waals surface area contributed by atoms with Crippen molar-refractivity contribution in [2.24, 2.45) is 0 Å². The van der Waals surface area contributed by atoms with Gasteiger partial charge in [-0.05, 0) is 0 Å². The normalized spacial score (nSPS) is 11.6. The van der Waals surface area contributed by atoms with Gasteiger partial charge in [-0.3, -0.25) is 4.79 Å². The molecule has 1 rings (SSSR count). The molecule has 0 aliphatic carbocycles. The Kier molecular flexibility index (Phi) is 2.37. The predicted octanol–water partition coefficient (Wildman–Crippen LogP) is 0.569. The monoisotopic (exact) mass is 209 g/mol. The van der Waals surface area contributed by atoms with Crippen molar-refractivity contribution in [2.45, 2.75) is 12.7 Å². The molecule has 0 aromatic carbocycles. The van der Waals surface area contributed by atoms with Gasteiger partial charge in [-0.2, -0.15) is 18.3 Å². The Morgan fingerprint density at radius 3 is 2.57 bits per heavy atom. The van der Waals surface area contributed by atoms with E-state index in [2.05, 4.69) is 5.10 Å². The highest BCUT2D eigenvalue weighted by Gasteiger charge is 2.34. The summed E-state index contributed by atoms with van der Waals surface area (Å²) in [5.41, 5.74) is 3.93. The van der Waals surface area contributed by atoms with E-state index in [-0.39, 0.29) is 5.82 Å². The van der Waals surface area contributed by atoms with E-state index in [1.807, 2.05) is 0 Å². The quantitative estimate of drug-likeness (QED) is 0.745. The number of alkyl halides is 3. The van der Waals surface area contributed by atoms with Gasteiger partial charge in [-0.1, -0.05) is 0 Å². The van der Waals surface area contributed by atoms with Crippen molar-refractivity contribution in [1.82, 2.24) is 9.78 Å². The lowest BCUT2D eigenvalue weighted by Gasteiger charge is -2.00. The van der Waals surface area contributed by atoms with Gasteiger partial charge < -0.3 is 10.8 Å². The fourth-order valence-electron chi connectivity index (χ4n) is 0.825. The van der Waals surface area contributed by atoms with Gasteiger partial charge in [0.25, 0.3) is 0 Å². The van der Waals surface area contributed by atoms with Crippen molar-refractivity contribution in [3.05, 3.63) is 11.8 Å². The molecule has 78 valence electrons. The predicted molar refractivity (Wildman–Crippen MR) is 39.3 cm³/mol. The zero-order valence-electron chi connectivity index (χ0n) is 6.75. The van der Waals surface area contributed by atoms with Gasteiger partial charge in [0.1, 0.15) is 12.4 Å². The summed E-state index contributed by atoms with van der Waals surface area (Å²) in [4.78, 5) is 10.2. The molecule has 0 radical (unpaired) electrons. The van der Waals surface area contributed by atoms with Gasteiger partial charge in [-0.15, -0.1) is 0 Å². The van der Waals surface area contributed by atoms with E-state index in [1.54, 1.807) is 0 Å². The number of hydrogen-bond donors (Lipinski definition) is 2. The number of halogens is 3. The number of nitrogen functional groups attached to an aromatic ring is 1. The summed E-state index contributed by atoms with van der Waals surface area (Å²) in [6.45, 7) is -0.693. The second kappa shape index (κ2) is 3.20. The summed E-state index contributed by atoms with van der Waals surface area (Å²) in [7, 11) is 0. The second-order valence-electron chi connectivity index (χ2n) is 2.50. The van der Waals surface area contributed by atoms with Crippen LogP contribution < -0.4 is 5.73 Å². The lowest BCUT2D eigenvalue weighted by molar-refractivity contribution is -0.143. The van der Waals surface area contributed by atoms with E-state index in [0.29, 0.717) is 10.7 Å². The lowest BCUT2D eigenvalue weighted by Crippen LogP contribution is -2.14. The Bertz CT molecular complexity index is 358. The van der Waals surface area contributed by atoms with E-state index >= 15 is 0 Å². The smallest absolute Gasteiger partial charge is 0.435 e. The van der Waals surface area contributed by atoms with Gasteiger partial charge in [-0.25, -0.2) is 4.68 Å². The second-order valence-corrected chi connectivity index (χ2v) is 2.50.